The van der Waals surface area contributed by atoms with Gasteiger partial charge in [0.25, 0.3) is 0 Å². The summed E-state index contributed by atoms with van der Waals surface area (Å²) in [4.78, 5) is 2.16. The van der Waals surface area contributed by atoms with Crippen LogP contribution in [0.4, 0.5) is 0 Å². The van der Waals surface area contributed by atoms with Crippen molar-refractivity contribution in [2.75, 3.05) is 20.2 Å². The third-order valence-corrected chi connectivity index (χ3v) is 2.34. The molecule has 0 amide bonds. The van der Waals surface area contributed by atoms with Gasteiger partial charge in [-0.1, -0.05) is 18.7 Å². The van der Waals surface area contributed by atoms with Gasteiger partial charge in [0.05, 0.1) is 12.2 Å². The smallest absolute Gasteiger partial charge is 0.135 e. The zero-order valence-corrected chi connectivity index (χ0v) is 8.68. The van der Waals surface area contributed by atoms with Crippen molar-refractivity contribution < 1.29 is 4.74 Å². The van der Waals surface area contributed by atoms with Crippen molar-refractivity contribution in [1.82, 2.24) is 4.90 Å². The van der Waals surface area contributed by atoms with Crippen LogP contribution < -0.4 is 0 Å². The van der Waals surface area contributed by atoms with Crippen LogP contribution in [0.15, 0.2) is 35.8 Å². The van der Waals surface area contributed by atoms with E-state index in [1.54, 1.807) is 0 Å². The zero-order valence-electron chi connectivity index (χ0n) is 8.68. The molecule has 0 aromatic heterocycles. The van der Waals surface area contributed by atoms with E-state index in [9.17, 15) is 0 Å². The maximum atomic E-state index is 5.40. The molecule has 13 heavy (non-hydrogen) atoms. The van der Waals surface area contributed by atoms with E-state index in [0.29, 0.717) is 0 Å². The summed E-state index contributed by atoms with van der Waals surface area (Å²) in [6.07, 6.45) is 0. The second-order valence-electron chi connectivity index (χ2n) is 3.45. The maximum absolute atomic E-state index is 5.40. The highest BCUT2D eigenvalue weighted by Crippen LogP contribution is 2.24. The summed E-state index contributed by atoms with van der Waals surface area (Å²) in [5, 5.41) is 0. The number of nitrogens with zero attached hydrogens (tertiary/aromatic N) is 1. The first-order valence-electron chi connectivity index (χ1n) is 4.44. The molecule has 0 atom stereocenters. The van der Waals surface area contributed by atoms with Gasteiger partial charge in [0.15, 0.2) is 0 Å². The van der Waals surface area contributed by atoms with Crippen molar-refractivity contribution in [3.05, 3.63) is 35.8 Å². The van der Waals surface area contributed by atoms with Gasteiger partial charge in [-0.3, -0.25) is 0 Å². The lowest BCUT2D eigenvalue weighted by Crippen LogP contribution is -2.30. The van der Waals surface area contributed by atoms with Crippen LogP contribution in [0.1, 0.15) is 13.8 Å². The van der Waals surface area contributed by atoms with Gasteiger partial charge in [0.2, 0.25) is 0 Å². The molecule has 1 fully saturated rings. The van der Waals surface area contributed by atoms with E-state index in [1.165, 1.54) is 0 Å². The Hall–Kier alpha value is -1.18. The molecule has 0 radical (unpaired) electrons. The average molecular weight is 179 g/mol. The van der Waals surface area contributed by atoms with E-state index in [2.05, 4.69) is 25.1 Å². The fourth-order valence-electron chi connectivity index (χ4n) is 1.40. The fraction of sp³-hybridized carbons (Fsp3) is 0.455. The summed E-state index contributed by atoms with van der Waals surface area (Å²) >= 11 is 0. The van der Waals surface area contributed by atoms with E-state index in [0.717, 1.165) is 35.8 Å². The molecule has 1 aliphatic heterocycles. The van der Waals surface area contributed by atoms with Gasteiger partial charge in [-0.2, -0.15) is 0 Å². The van der Waals surface area contributed by atoms with E-state index in [-0.39, 0.29) is 0 Å². The SMILES string of the molecule is C=C(C)/C(C)=C1\C(=C)OCCN1C. The normalized spacial score (nSPS) is 21.2. The monoisotopic (exact) mass is 179 g/mol. The second kappa shape index (κ2) is 3.69. The Balaban J connectivity index is 3.04. The van der Waals surface area contributed by atoms with Crippen molar-refractivity contribution in [3.63, 3.8) is 0 Å². The zero-order chi connectivity index (χ0) is 10.0. The number of likely N-dealkylation sites (N-methyl/N-ethyl adjacent to an activating group) is 1. The summed E-state index contributed by atoms with van der Waals surface area (Å²) in [6, 6.07) is 0. The molecule has 2 heteroatoms. The molecule has 1 saturated heterocycles. The van der Waals surface area contributed by atoms with Gasteiger partial charge < -0.3 is 9.64 Å². The molecule has 0 aromatic rings. The minimum Gasteiger partial charge on any atom is -0.490 e. The van der Waals surface area contributed by atoms with Crippen molar-refractivity contribution in [2.45, 2.75) is 13.8 Å². The first kappa shape index (κ1) is 9.90. The molecule has 1 aliphatic rings. The first-order valence-corrected chi connectivity index (χ1v) is 4.44. The van der Waals surface area contributed by atoms with E-state index in [4.69, 9.17) is 4.74 Å². The van der Waals surface area contributed by atoms with Crippen LogP contribution in [0.2, 0.25) is 0 Å². The number of hydrogen-bond donors (Lipinski definition) is 0. The van der Waals surface area contributed by atoms with Gasteiger partial charge in [0, 0.05) is 7.05 Å². The number of rotatable bonds is 1. The van der Waals surface area contributed by atoms with Crippen molar-refractivity contribution in [3.8, 4) is 0 Å². The Labute approximate surface area is 80.2 Å². The predicted molar refractivity (Wildman–Crippen MR) is 55.2 cm³/mol. The predicted octanol–water partition coefficient (Wildman–Crippen LogP) is 2.31. The van der Waals surface area contributed by atoms with Crippen LogP contribution >= 0.6 is 0 Å². The second-order valence-corrected chi connectivity index (χ2v) is 3.45. The summed E-state index contributed by atoms with van der Waals surface area (Å²) in [7, 11) is 2.05. The minimum absolute atomic E-state index is 0.725. The lowest BCUT2D eigenvalue weighted by molar-refractivity contribution is 0.142. The number of hydrogen-bond acceptors (Lipinski definition) is 2. The summed E-state index contributed by atoms with van der Waals surface area (Å²) in [6.45, 7) is 13.5. The molecule has 1 heterocycles. The van der Waals surface area contributed by atoms with Crippen molar-refractivity contribution in [1.29, 1.82) is 0 Å². The highest BCUT2D eigenvalue weighted by molar-refractivity contribution is 5.38. The van der Waals surface area contributed by atoms with Crippen LogP contribution in [0.3, 0.4) is 0 Å². The summed E-state index contributed by atoms with van der Waals surface area (Å²) in [5.74, 6) is 0.759. The summed E-state index contributed by atoms with van der Waals surface area (Å²) < 4.78 is 5.40. The fourth-order valence-corrected chi connectivity index (χ4v) is 1.40. The lowest BCUT2D eigenvalue weighted by atomic mass is 10.1. The van der Waals surface area contributed by atoms with Crippen LogP contribution in [0.25, 0.3) is 0 Å². The van der Waals surface area contributed by atoms with Crippen LogP contribution in [0.5, 0.6) is 0 Å². The Morgan fingerprint density at radius 3 is 2.54 bits per heavy atom. The third kappa shape index (κ3) is 1.94. The Bertz CT molecular complexity index is 276. The quantitative estimate of drug-likeness (QED) is 0.612. The number of ether oxygens (including phenoxy) is 1. The van der Waals surface area contributed by atoms with Gasteiger partial charge in [0.1, 0.15) is 12.4 Å². The van der Waals surface area contributed by atoms with Gasteiger partial charge in [-0.05, 0) is 19.4 Å². The van der Waals surface area contributed by atoms with Gasteiger partial charge >= 0.3 is 0 Å². The van der Waals surface area contributed by atoms with Crippen LogP contribution in [-0.2, 0) is 4.74 Å². The van der Waals surface area contributed by atoms with E-state index < -0.39 is 0 Å². The molecular formula is C11H17NO. The third-order valence-electron chi connectivity index (χ3n) is 2.34. The highest BCUT2D eigenvalue weighted by atomic mass is 16.5. The molecule has 2 nitrogen and oxygen atoms in total. The van der Waals surface area contributed by atoms with Crippen molar-refractivity contribution in [2.24, 2.45) is 0 Å². The molecule has 0 bridgehead atoms. The maximum Gasteiger partial charge on any atom is 0.135 e. The molecule has 0 aliphatic carbocycles. The van der Waals surface area contributed by atoms with E-state index >= 15 is 0 Å². The van der Waals surface area contributed by atoms with Gasteiger partial charge in [-0.25, -0.2) is 0 Å². The van der Waals surface area contributed by atoms with E-state index in [1.807, 2.05) is 13.8 Å². The number of allylic oxidation sites excluding steroid dienone is 2. The van der Waals surface area contributed by atoms with Crippen molar-refractivity contribution >= 4 is 0 Å². The molecular weight excluding hydrogens is 162 g/mol. The molecule has 72 valence electrons. The molecule has 0 spiro atoms. The molecule has 0 N–H and O–H groups in total. The average Bonchev–Trinajstić information content (AvgIpc) is 2.03. The molecule has 0 saturated carbocycles. The molecule has 1 rings (SSSR count). The Morgan fingerprint density at radius 1 is 1.46 bits per heavy atom. The first-order chi connectivity index (χ1) is 6.04. The van der Waals surface area contributed by atoms with Crippen LogP contribution in [0, 0.1) is 0 Å². The molecule has 0 unspecified atom stereocenters. The number of morpholine rings is 1. The van der Waals surface area contributed by atoms with Gasteiger partial charge in [-0.15, -0.1) is 0 Å². The highest BCUT2D eigenvalue weighted by Gasteiger charge is 2.18. The Morgan fingerprint density at radius 2 is 2.08 bits per heavy atom. The lowest BCUT2D eigenvalue weighted by Gasteiger charge is -2.31. The largest absolute Gasteiger partial charge is 0.490 e. The standard InChI is InChI=1S/C11H17NO/c1-8(2)9(3)11-10(4)13-7-6-12(11)5/h1,4,6-7H2,2-3,5H3/b11-9+. The molecule has 0 aromatic carbocycles. The van der Waals surface area contributed by atoms with Crippen LogP contribution in [-0.4, -0.2) is 25.1 Å². The topological polar surface area (TPSA) is 12.5 Å². The minimum atomic E-state index is 0.725. The Kier molecular flexibility index (Phi) is 2.81. The summed E-state index contributed by atoms with van der Waals surface area (Å²) in [5.41, 5.74) is 3.31.